The molecule has 0 radical (unpaired) electrons. The summed E-state index contributed by atoms with van der Waals surface area (Å²) >= 11 is 0. The van der Waals surface area contributed by atoms with Crippen LogP contribution >= 0.6 is 0 Å². The summed E-state index contributed by atoms with van der Waals surface area (Å²) in [6.07, 6.45) is 7.25. The summed E-state index contributed by atoms with van der Waals surface area (Å²) in [6.45, 7) is 10.9. The van der Waals surface area contributed by atoms with Crippen molar-refractivity contribution in [2.24, 2.45) is 4.99 Å². The molecule has 2 aromatic carbocycles. The number of rotatable bonds is 14. The lowest BCUT2D eigenvalue weighted by molar-refractivity contribution is 0.254. The van der Waals surface area contributed by atoms with Crippen molar-refractivity contribution in [2.45, 2.75) is 32.7 Å². The van der Waals surface area contributed by atoms with Gasteiger partial charge in [0.05, 0.1) is 20.8 Å². The van der Waals surface area contributed by atoms with Gasteiger partial charge in [-0.05, 0) is 75.2 Å². The van der Waals surface area contributed by atoms with Gasteiger partial charge in [-0.3, -0.25) is 0 Å². The van der Waals surface area contributed by atoms with E-state index in [1.807, 2.05) is 49.4 Å². The number of methoxy groups -OCH3 is 2. The molecular weight excluding hydrogens is 440 g/mol. The van der Waals surface area contributed by atoms with Crippen molar-refractivity contribution in [3.05, 3.63) is 72.2 Å². The second kappa shape index (κ2) is 14.1. The summed E-state index contributed by atoms with van der Waals surface area (Å²) in [5.74, 6) is 2.82. The van der Waals surface area contributed by atoms with Gasteiger partial charge < -0.3 is 29.7 Å². The summed E-state index contributed by atoms with van der Waals surface area (Å²) < 4.78 is 16.7. The van der Waals surface area contributed by atoms with Crippen molar-refractivity contribution in [1.29, 1.82) is 0 Å². The van der Waals surface area contributed by atoms with Gasteiger partial charge in [0, 0.05) is 36.8 Å². The first-order valence-corrected chi connectivity index (χ1v) is 12.1. The lowest BCUT2D eigenvalue weighted by Crippen LogP contribution is -2.21. The number of nitrogens with zero attached hydrogens (tertiary/aromatic N) is 2. The fourth-order valence-electron chi connectivity index (χ4n) is 3.86. The summed E-state index contributed by atoms with van der Waals surface area (Å²) in [6, 6.07) is 13.7. The Kier molecular flexibility index (Phi) is 10.5. The first kappa shape index (κ1) is 26.2. The minimum atomic E-state index is 0.534. The Bertz CT molecular complexity index is 1010. The molecule has 1 aliphatic rings. The lowest BCUT2D eigenvalue weighted by Gasteiger charge is -2.16. The van der Waals surface area contributed by atoms with Crippen molar-refractivity contribution in [1.82, 2.24) is 10.2 Å². The van der Waals surface area contributed by atoms with Crippen LogP contribution < -0.4 is 24.8 Å². The van der Waals surface area contributed by atoms with E-state index in [1.165, 1.54) is 25.9 Å². The number of allylic oxidation sites excluding steroid dienone is 2. The molecule has 0 unspecified atom stereocenters. The van der Waals surface area contributed by atoms with Crippen LogP contribution in [0.2, 0.25) is 0 Å². The van der Waals surface area contributed by atoms with Gasteiger partial charge >= 0.3 is 0 Å². The largest absolute Gasteiger partial charge is 0.497 e. The van der Waals surface area contributed by atoms with Crippen LogP contribution in [0.1, 0.15) is 31.7 Å². The number of ether oxygens (including phenoxy) is 3. The summed E-state index contributed by atoms with van der Waals surface area (Å²) in [4.78, 5) is 6.88. The first-order valence-electron chi connectivity index (χ1n) is 12.1. The van der Waals surface area contributed by atoms with Crippen molar-refractivity contribution in [2.75, 3.05) is 45.8 Å². The lowest BCUT2D eigenvalue weighted by atomic mass is 10.2. The molecule has 1 saturated heterocycles. The Morgan fingerprint density at radius 1 is 1.09 bits per heavy atom. The number of aliphatic imine (C=N–C) groups is 1. The van der Waals surface area contributed by atoms with Crippen LogP contribution in [0.5, 0.6) is 17.2 Å². The van der Waals surface area contributed by atoms with E-state index in [4.69, 9.17) is 14.2 Å². The quantitative estimate of drug-likeness (QED) is 0.287. The number of nitrogens with one attached hydrogen (secondary N) is 2. The molecule has 1 heterocycles. The molecule has 35 heavy (non-hydrogen) atoms. The zero-order valence-electron chi connectivity index (χ0n) is 21.2. The van der Waals surface area contributed by atoms with E-state index in [2.05, 4.69) is 33.2 Å². The normalized spacial score (nSPS) is 14.2. The van der Waals surface area contributed by atoms with Crippen molar-refractivity contribution >= 4 is 11.9 Å². The second-order valence-corrected chi connectivity index (χ2v) is 8.52. The van der Waals surface area contributed by atoms with Crippen LogP contribution in [-0.4, -0.2) is 51.6 Å². The van der Waals surface area contributed by atoms with Crippen molar-refractivity contribution in [3.63, 3.8) is 0 Å². The number of benzene rings is 2. The minimum Gasteiger partial charge on any atom is -0.497 e. The first-order chi connectivity index (χ1) is 17.1. The summed E-state index contributed by atoms with van der Waals surface area (Å²) in [5, 5.41) is 6.58. The molecule has 0 aliphatic carbocycles. The molecule has 1 aliphatic heterocycles. The molecule has 0 bridgehead atoms. The van der Waals surface area contributed by atoms with Crippen LogP contribution in [0.25, 0.3) is 0 Å². The summed E-state index contributed by atoms with van der Waals surface area (Å²) in [5.41, 5.74) is 2.99. The average Bonchev–Trinajstić information content (AvgIpc) is 3.39. The highest BCUT2D eigenvalue weighted by molar-refractivity contribution is 5.73. The van der Waals surface area contributed by atoms with Crippen LogP contribution in [0, 0.1) is 0 Å². The third-order valence-corrected chi connectivity index (χ3v) is 5.79. The minimum absolute atomic E-state index is 0.534. The van der Waals surface area contributed by atoms with Gasteiger partial charge in [-0.25, -0.2) is 4.99 Å². The maximum absolute atomic E-state index is 6.02. The predicted octanol–water partition coefficient (Wildman–Crippen LogP) is 5.22. The van der Waals surface area contributed by atoms with Crippen LogP contribution in [0.4, 0.5) is 5.69 Å². The van der Waals surface area contributed by atoms with Crippen molar-refractivity contribution in [3.8, 4) is 17.2 Å². The molecule has 7 nitrogen and oxygen atoms in total. The van der Waals surface area contributed by atoms with E-state index < -0.39 is 0 Å². The zero-order valence-corrected chi connectivity index (χ0v) is 21.2. The topological polar surface area (TPSA) is 67.4 Å². The smallest absolute Gasteiger partial charge is 0.163 e. The van der Waals surface area contributed by atoms with E-state index in [-0.39, 0.29) is 0 Å². The number of anilines is 1. The Balaban J connectivity index is 1.46. The standard InChI is InChI=1S/C28H38N4O3/c1-22(30-21-24-9-7-10-26(19-24)33-3)13-14-29-23(2)31-25-11-12-27(34-4)28(20-25)35-18-8-17-32-15-5-6-16-32/h7,9-14,19-20,30-31H,2,5-6,8,15-18,21H2,1,3-4H3/b22-13+,29-14-. The van der Waals surface area contributed by atoms with Crippen LogP contribution in [0.15, 0.2) is 71.6 Å². The highest BCUT2D eigenvalue weighted by Gasteiger charge is 2.11. The maximum atomic E-state index is 6.02. The highest BCUT2D eigenvalue weighted by Crippen LogP contribution is 2.31. The Morgan fingerprint density at radius 2 is 1.91 bits per heavy atom. The molecular formula is C28H38N4O3. The van der Waals surface area contributed by atoms with E-state index in [9.17, 15) is 0 Å². The molecule has 2 N–H and O–H groups in total. The number of hydrogen-bond acceptors (Lipinski definition) is 7. The third-order valence-electron chi connectivity index (χ3n) is 5.79. The van der Waals surface area contributed by atoms with E-state index in [1.54, 1.807) is 20.4 Å². The molecule has 2 aromatic rings. The van der Waals surface area contributed by atoms with Crippen LogP contribution in [0.3, 0.4) is 0 Å². The Labute approximate surface area is 209 Å². The molecule has 188 valence electrons. The molecule has 0 saturated carbocycles. The Hall–Kier alpha value is -3.45. The van der Waals surface area contributed by atoms with Gasteiger partial charge in [0.15, 0.2) is 11.5 Å². The third kappa shape index (κ3) is 9.02. The van der Waals surface area contributed by atoms with Gasteiger partial charge in [-0.2, -0.15) is 0 Å². The van der Waals surface area contributed by atoms with Gasteiger partial charge in [-0.15, -0.1) is 0 Å². The van der Waals surface area contributed by atoms with E-state index >= 15 is 0 Å². The number of likely N-dealkylation sites (tertiary alicyclic amines) is 1. The molecule has 0 amide bonds. The average molecular weight is 479 g/mol. The molecule has 0 aromatic heterocycles. The van der Waals surface area contributed by atoms with Crippen molar-refractivity contribution < 1.29 is 14.2 Å². The second-order valence-electron chi connectivity index (χ2n) is 8.52. The zero-order chi connectivity index (χ0) is 24.9. The summed E-state index contributed by atoms with van der Waals surface area (Å²) in [7, 11) is 3.32. The van der Waals surface area contributed by atoms with E-state index in [0.717, 1.165) is 35.7 Å². The molecule has 0 atom stereocenters. The highest BCUT2D eigenvalue weighted by atomic mass is 16.5. The predicted molar refractivity (Wildman–Crippen MR) is 144 cm³/mol. The van der Waals surface area contributed by atoms with Crippen LogP contribution in [-0.2, 0) is 6.54 Å². The fourth-order valence-corrected chi connectivity index (χ4v) is 3.86. The molecule has 7 heteroatoms. The molecule has 3 rings (SSSR count). The monoisotopic (exact) mass is 478 g/mol. The van der Waals surface area contributed by atoms with Gasteiger partial charge in [0.1, 0.15) is 11.6 Å². The van der Waals surface area contributed by atoms with Gasteiger partial charge in [-0.1, -0.05) is 18.7 Å². The molecule has 0 spiro atoms. The van der Waals surface area contributed by atoms with Gasteiger partial charge in [0.25, 0.3) is 0 Å². The molecule has 1 fully saturated rings. The fraction of sp³-hybridized carbons (Fsp3) is 0.393. The van der Waals surface area contributed by atoms with Gasteiger partial charge in [0.2, 0.25) is 0 Å². The van der Waals surface area contributed by atoms with E-state index in [0.29, 0.717) is 30.5 Å². The SMILES string of the molecule is C=C(/N=C\C=C(/C)NCc1cccc(OC)c1)Nc1ccc(OC)c(OCCCN2CCCC2)c1. The maximum Gasteiger partial charge on any atom is 0.163 e. The number of hydrogen-bond donors (Lipinski definition) is 2. The Morgan fingerprint density at radius 3 is 2.69 bits per heavy atom.